The molecular formula is C29H30N2O5. The number of nitrogens with zero attached hydrogens (tertiary/aromatic N) is 2. The van der Waals surface area contributed by atoms with Gasteiger partial charge in [-0.05, 0) is 54.7 Å². The number of hydrogen-bond donors (Lipinski definition) is 1. The Bertz CT molecular complexity index is 1220. The fraction of sp³-hybridized carbons (Fsp3) is 0.448. The van der Waals surface area contributed by atoms with Gasteiger partial charge in [0, 0.05) is 30.0 Å². The van der Waals surface area contributed by atoms with Gasteiger partial charge in [-0.25, -0.2) is 0 Å². The molecule has 1 N–H and O–H groups in total. The Morgan fingerprint density at radius 3 is 2.61 bits per heavy atom. The first kappa shape index (κ1) is 22.9. The highest BCUT2D eigenvalue weighted by Gasteiger charge is 2.54. The van der Waals surface area contributed by atoms with E-state index in [-0.39, 0.29) is 49.8 Å². The quantitative estimate of drug-likeness (QED) is 0.672. The number of carbonyl (C=O) groups excluding carboxylic acids is 2. The van der Waals surface area contributed by atoms with Gasteiger partial charge >= 0.3 is 0 Å². The van der Waals surface area contributed by atoms with Crippen molar-refractivity contribution in [2.45, 2.75) is 50.1 Å². The second-order valence-corrected chi connectivity index (χ2v) is 10.2. The number of carbonyl (C=O) groups is 2. The summed E-state index contributed by atoms with van der Waals surface area (Å²) in [5, 5.41) is 10.1. The van der Waals surface area contributed by atoms with Gasteiger partial charge in [0.2, 0.25) is 12.7 Å². The van der Waals surface area contributed by atoms with Crippen LogP contribution in [0, 0.1) is 17.8 Å². The minimum absolute atomic E-state index is 0.00250. The van der Waals surface area contributed by atoms with E-state index in [1.807, 2.05) is 24.3 Å². The molecule has 2 amide bonds. The van der Waals surface area contributed by atoms with Crippen molar-refractivity contribution < 1.29 is 24.2 Å². The summed E-state index contributed by atoms with van der Waals surface area (Å²) in [5.41, 5.74) is 2.50. The van der Waals surface area contributed by atoms with Gasteiger partial charge in [0.15, 0.2) is 11.5 Å². The molecule has 186 valence electrons. The zero-order valence-electron chi connectivity index (χ0n) is 20.2. The van der Waals surface area contributed by atoms with Crippen molar-refractivity contribution in [2.24, 2.45) is 5.92 Å². The van der Waals surface area contributed by atoms with Crippen molar-refractivity contribution in [1.29, 1.82) is 0 Å². The van der Waals surface area contributed by atoms with Crippen LogP contribution in [0.1, 0.15) is 59.5 Å². The summed E-state index contributed by atoms with van der Waals surface area (Å²) >= 11 is 0. The Balaban J connectivity index is 1.17. The number of aliphatic hydroxyl groups is 1. The van der Waals surface area contributed by atoms with E-state index in [4.69, 9.17) is 9.47 Å². The van der Waals surface area contributed by atoms with Gasteiger partial charge in [-0.2, -0.15) is 0 Å². The van der Waals surface area contributed by atoms with Crippen LogP contribution in [0.5, 0.6) is 11.5 Å². The second kappa shape index (κ2) is 9.51. The Labute approximate surface area is 211 Å². The number of ether oxygens (including phenoxy) is 2. The summed E-state index contributed by atoms with van der Waals surface area (Å²) in [7, 11) is 0. The highest BCUT2D eigenvalue weighted by atomic mass is 16.7. The van der Waals surface area contributed by atoms with Crippen molar-refractivity contribution in [3.63, 3.8) is 0 Å². The largest absolute Gasteiger partial charge is 0.454 e. The summed E-state index contributed by atoms with van der Waals surface area (Å²) < 4.78 is 10.7. The average Bonchev–Trinajstić information content (AvgIpc) is 3.57. The third kappa shape index (κ3) is 4.10. The number of hydrogen-bond acceptors (Lipinski definition) is 5. The molecular weight excluding hydrogens is 456 g/mol. The van der Waals surface area contributed by atoms with Gasteiger partial charge in [0.05, 0.1) is 18.7 Å². The lowest BCUT2D eigenvalue weighted by molar-refractivity contribution is -0.159. The maximum Gasteiger partial charge on any atom is 0.254 e. The minimum Gasteiger partial charge on any atom is -0.454 e. The number of aliphatic hydroxyl groups excluding tert-OH is 1. The number of benzene rings is 2. The number of piperazine rings is 1. The number of rotatable bonds is 4. The molecule has 2 aromatic carbocycles. The van der Waals surface area contributed by atoms with Crippen LogP contribution in [0.3, 0.4) is 0 Å². The molecule has 36 heavy (non-hydrogen) atoms. The second-order valence-electron chi connectivity index (χ2n) is 10.2. The molecule has 3 fully saturated rings. The summed E-state index contributed by atoms with van der Waals surface area (Å²) in [6.07, 6.45) is 6.21. The molecule has 2 saturated heterocycles. The van der Waals surface area contributed by atoms with Crippen LogP contribution in [0.25, 0.3) is 0 Å². The molecule has 3 atom stereocenters. The monoisotopic (exact) mass is 486 g/mol. The topological polar surface area (TPSA) is 79.3 Å². The van der Waals surface area contributed by atoms with Crippen LogP contribution in [0.4, 0.5) is 0 Å². The molecule has 0 radical (unpaired) electrons. The van der Waals surface area contributed by atoms with E-state index in [1.165, 1.54) is 25.7 Å². The Hall–Kier alpha value is -3.50. The van der Waals surface area contributed by atoms with Gasteiger partial charge in [-0.15, -0.1) is 0 Å². The first-order valence-corrected chi connectivity index (χ1v) is 12.8. The van der Waals surface area contributed by atoms with Gasteiger partial charge in [-0.1, -0.05) is 36.8 Å². The average molecular weight is 487 g/mol. The van der Waals surface area contributed by atoms with Crippen molar-refractivity contribution >= 4 is 11.8 Å². The third-order valence-electron chi connectivity index (χ3n) is 8.05. The molecule has 4 aliphatic rings. The first-order chi connectivity index (χ1) is 17.6. The van der Waals surface area contributed by atoms with E-state index >= 15 is 0 Å². The van der Waals surface area contributed by atoms with Crippen molar-refractivity contribution in [2.75, 3.05) is 26.5 Å². The standard InChI is InChI=1S/C29H30N2O5/c32-17-24-28(21-10-8-20(9-11-21)7-3-6-19-4-1-2-5-19)23-15-30(16-27(33)31(23)24)29(34)22-12-13-25-26(14-22)36-18-35-25/h8-14,19,23-24,28,32H,1-2,4-6,15-18H2/t23-,24-,28-/m1/s1. The third-order valence-corrected chi connectivity index (χ3v) is 8.05. The highest BCUT2D eigenvalue weighted by Crippen LogP contribution is 2.43. The van der Waals surface area contributed by atoms with E-state index in [9.17, 15) is 14.7 Å². The lowest BCUT2D eigenvalue weighted by Crippen LogP contribution is -2.73. The highest BCUT2D eigenvalue weighted by molar-refractivity contribution is 5.98. The summed E-state index contributed by atoms with van der Waals surface area (Å²) in [4.78, 5) is 29.6. The zero-order valence-corrected chi connectivity index (χ0v) is 20.2. The summed E-state index contributed by atoms with van der Waals surface area (Å²) in [5.74, 6) is 8.14. The maximum absolute atomic E-state index is 13.3. The van der Waals surface area contributed by atoms with Crippen LogP contribution >= 0.6 is 0 Å². The SMILES string of the molecule is O=C(c1ccc2c(c1)OCO2)N1CC(=O)N2[C@H](CO)[C@H](c3ccc(C#CCC4CCCC4)cc3)[C@H]2C1. The molecule has 0 spiro atoms. The fourth-order valence-corrected chi connectivity index (χ4v) is 6.17. The van der Waals surface area contributed by atoms with E-state index in [2.05, 4.69) is 11.8 Å². The molecule has 0 aromatic heterocycles. The van der Waals surface area contributed by atoms with Crippen LogP contribution < -0.4 is 9.47 Å². The smallest absolute Gasteiger partial charge is 0.254 e. The van der Waals surface area contributed by atoms with E-state index < -0.39 is 0 Å². The molecule has 1 aliphatic carbocycles. The van der Waals surface area contributed by atoms with Crippen molar-refractivity contribution in [1.82, 2.24) is 9.80 Å². The first-order valence-electron chi connectivity index (χ1n) is 12.8. The molecule has 3 aliphatic heterocycles. The zero-order chi connectivity index (χ0) is 24.6. The van der Waals surface area contributed by atoms with Gasteiger partial charge in [-0.3, -0.25) is 9.59 Å². The van der Waals surface area contributed by atoms with Crippen LogP contribution in [-0.4, -0.2) is 65.3 Å². The molecule has 0 bridgehead atoms. The molecule has 0 unspecified atom stereocenters. The minimum atomic E-state index is -0.274. The predicted molar refractivity (Wildman–Crippen MR) is 133 cm³/mol. The molecule has 2 aromatic rings. The van der Waals surface area contributed by atoms with E-state index in [0.717, 1.165) is 23.5 Å². The maximum atomic E-state index is 13.3. The van der Waals surface area contributed by atoms with Crippen LogP contribution in [-0.2, 0) is 4.79 Å². The van der Waals surface area contributed by atoms with Crippen LogP contribution in [0.2, 0.25) is 0 Å². The summed E-state index contributed by atoms with van der Waals surface area (Å²) in [6.45, 7) is 0.457. The van der Waals surface area contributed by atoms with E-state index in [1.54, 1.807) is 28.0 Å². The molecule has 7 nitrogen and oxygen atoms in total. The van der Waals surface area contributed by atoms with Crippen molar-refractivity contribution in [3.05, 3.63) is 59.2 Å². The molecule has 1 saturated carbocycles. The van der Waals surface area contributed by atoms with E-state index in [0.29, 0.717) is 23.6 Å². The van der Waals surface area contributed by atoms with Crippen LogP contribution in [0.15, 0.2) is 42.5 Å². The Kier molecular flexibility index (Phi) is 6.06. The summed E-state index contributed by atoms with van der Waals surface area (Å²) in [6, 6.07) is 12.8. The molecule has 3 heterocycles. The van der Waals surface area contributed by atoms with Gasteiger partial charge in [0.25, 0.3) is 5.91 Å². The van der Waals surface area contributed by atoms with Gasteiger partial charge in [0.1, 0.15) is 6.54 Å². The fourth-order valence-electron chi connectivity index (χ4n) is 6.17. The van der Waals surface area contributed by atoms with Gasteiger partial charge < -0.3 is 24.4 Å². The lowest BCUT2D eigenvalue weighted by atomic mass is 9.73. The molecule has 7 heteroatoms. The lowest BCUT2D eigenvalue weighted by Gasteiger charge is -2.58. The number of amides is 2. The Morgan fingerprint density at radius 2 is 1.83 bits per heavy atom. The number of fused-ring (bicyclic) bond motifs is 2. The van der Waals surface area contributed by atoms with Crippen molar-refractivity contribution in [3.8, 4) is 23.3 Å². The predicted octanol–water partition coefficient (Wildman–Crippen LogP) is 3.16. The molecule has 6 rings (SSSR count). The normalized spacial score (nSPS) is 24.7. The Morgan fingerprint density at radius 1 is 1.06 bits per heavy atom.